The van der Waals surface area contributed by atoms with Crippen LogP contribution in [0.25, 0.3) is 16.9 Å². The van der Waals surface area contributed by atoms with Crippen LogP contribution in [0.1, 0.15) is 5.56 Å². The molecule has 6 nitrogen and oxygen atoms in total. The molecule has 0 aliphatic rings. The molecular formula is C24H19Cl2N3O3. The predicted octanol–water partition coefficient (Wildman–Crippen LogP) is 6.39. The molecule has 0 saturated heterocycles. The van der Waals surface area contributed by atoms with Crippen LogP contribution in [0.15, 0.2) is 84.1 Å². The summed E-state index contributed by atoms with van der Waals surface area (Å²) < 4.78 is 12.7. The summed E-state index contributed by atoms with van der Waals surface area (Å²) in [5.74, 6) is 1.28. The van der Waals surface area contributed by atoms with Crippen LogP contribution in [-0.2, 0) is 11.4 Å². The highest BCUT2D eigenvalue weighted by Crippen LogP contribution is 2.31. The highest BCUT2D eigenvalue weighted by atomic mass is 35.5. The van der Waals surface area contributed by atoms with Gasteiger partial charge in [0, 0.05) is 21.2 Å². The van der Waals surface area contributed by atoms with Crippen LogP contribution in [0, 0.1) is 0 Å². The molecule has 0 saturated carbocycles. The molecule has 0 radical (unpaired) electrons. The van der Waals surface area contributed by atoms with Crippen molar-refractivity contribution in [3.8, 4) is 28.4 Å². The highest BCUT2D eigenvalue weighted by Gasteiger charge is 2.14. The van der Waals surface area contributed by atoms with Crippen molar-refractivity contribution in [2.75, 3.05) is 7.11 Å². The minimum absolute atomic E-state index is 0.185. The van der Waals surface area contributed by atoms with E-state index in [4.69, 9.17) is 42.6 Å². The van der Waals surface area contributed by atoms with Crippen molar-refractivity contribution in [3.05, 3.63) is 94.6 Å². The maximum atomic E-state index is 6.14. The maximum absolute atomic E-state index is 6.14. The van der Waals surface area contributed by atoms with Gasteiger partial charge in [-0.1, -0.05) is 52.6 Å². The van der Waals surface area contributed by atoms with Crippen molar-refractivity contribution >= 4 is 29.6 Å². The molecule has 0 N–H and O–H groups in total. The van der Waals surface area contributed by atoms with Crippen molar-refractivity contribution in [2.45, 2.75) is 6.61 Å². The molecule has 8 heteroatoms. The summed E-state index contributed by atoms with van der Waals surface area (Å²) in [7, 11) is 1.63. The number of hydrogen-bond donors (Lipinski definition) is 0. The SMILES string of the molecule is COc1ccc(-c2nn(-c3ccccc3)cc2O/C=N/OCc2ccc(Cl)cc2Cl)cc1. The molecule has 4 aromatic rings. The minimum atomic E-state index is 0.185. The maximum Gasteiger partial charge on any atom is 0.218 e. The number of aromatic nitrogens is 2. The summed E-state index contributed by atoms with van der Waals surface area (Å²) in [5, 5.41) is 9.64. The van der Waals surface area contributed by atoms with Gasteiger partial charge in [-0.05, 0) is 48.5 Å². The Kier molecular flexibility index (Phi) is 6.94. The second kappa shape index (κ2) is 10.2. The van der Waals surface area contributed by atoms with E-state index in [0.717, 1.165) is 22.6 Å². The van der Waals surface area contributed by atoms with Gasteiger partial charge < -0.3 is 14.3 Å². The second-order valence-corrected chi connectivity index (χ2v) is 7.53. The summed E-state index contributed by atoms with van der Waals surface area (Å²) in [5.41, 5.74) is 3.20. The number of ether oxygens (including phenoxy) is 2. The van der Waals surface area contributed by atoms with Gasteiger partial charge in [-0.3, -0.25) is 0 Å². The zero-order valence-corrected chi connectivity index (χ0v) is 18.6. The number of rotatable bonds is 8. The van der Waals surface area contributed by atoms with Gasteiger partial charge in [-0.15, -0.1) is 0 Å². The fourth-order valence-electron chi connectivity index (χ4n) is 2.96. The fourth-order valence-corrected chi connectivity index (χ4v) is 3.42. The van der Waals surface area contributed by atoms with Crippen LogP contribution in [0.5, 0.6) is 11.5 Å². The third kappa shape index (κ3) is 5.22. The molecule has 0 amide bonds. The zero-order chi connectivity index (χ0) is 22.3. The van der Waals surface area contributed by atoms with Crippen LogP contribution < -0.4 is 9.47 Å². The molecular weight excluding hydrogens is 449 g/mol. The zero-order valence-electron chi connectivity index (χ0n) is 17.1. The van der Waals surface area contributed by atoms with E-state index in [-0.39, 0.29) is 6.61 Å². The smallest absolute Gasteiger partial charge is 0.218 e. The van der Waals surface area contributed by atoms with Crippen LogP contribution in [-0.4, -0.2) is 23.3 Å². The van der Waals surface area contributed by atoms with Crippen molar-refractivity contribution in [1.82, 2.24) is 9.78 Å². The lowest BCUT2D eigenvalue weighted by molar-refractivity contribution is 0.128. The quantitative estimate of drug-likeness (QED) is 0.171. The molecule has 0 fully saturated rings. The number of hydrogen-bond acceptors (Lipinski definition) is 5. The van der Waals surface area contributed by atoms with Crippen molar-refractivity contribution in [3.63, 3.8) is 0 Å². The Morgan fingerprint density at radius 1 is 1.00 bits per heavy atom. The van der Waals surface area contributed by atoms with Gasteiger partial charge in [0.25, 0.3) is 0 Å². The standard InChI is InChI=1S/C24H19Cl2N3O3/c1-30-21-11-8-17(9-12-21)24-23(14-29(28-24)20-5-3-2-4-6-20)31-16-27-32-15-18-7-10-19(25)13-22(18)26/h2-14,16H,15H2,1H3/b27-16+. The number of para-hydroxylation sites is 1. The molecule has 0 unspecified atom stereocenters. The van der Waals surface area contributed by atoms with E-state index < -0.39 is 0 Å². The van der Waals surface area contributed by atoms with Crippen LogP contribution >= 0.6 is 23.2 Å². The molecule has 0 atom stereocenters. The fraction of sp³-hybridized carbons (Fsp3) is 0.0833. The first-order chi connectivity index (χ1) is 15.6. The predicted molar refractivity (Wildman–Crippen MR) is 126 cm³/mol. The summed E-state index contributed by atoms with van der Waals surface area (Å²) in [4.78, 5) is 5.30. The lowest BCUT2D eigenvalue weighted by atomic mass is 10.1. The third-order valence-corrected chi connectivity index (χ3v) is 5.18. The largest absolute Gasteiger partial charge is 0.497 e. The van der Waals surface area contributed by atoms with E-state index in [9.17, 15) is 0 Å². The average Bonchev–Trinajstić information content (AvgIpc) is 3.25. The Balaban J connectivity index is 1.52. The Bertz CT molecular complexity index is 1210. The molecule has 0 aliphatic heterocycles. The van der Waals surface area contributed by atoms with Gasteiger partial charge in [0.1, 0.15) is 18.1 Å². The van der Waals surface area contributed by atoms with Gasteiger partial charge in [0.2, 0.25) is 6.40 Å². The number of benzene rings is 3. The topological polar surface area (TPSA) is 57.9 Å². The van der Waals surface area contributed by atoms with E-state index in [2.05, 4.69) is 5.16 Å². The molecule has 162 valence electrons. The van der Waals surface area contributed by atoms with E-state index >= 15 is 0 Å². The van der Waals surface area contributed by atoms with E-state index in [1.165, 1.54) is 6.40 Å². The van der Waals surface area contributed by atoms with Gasteiger partial charge in [0.05, 0.1) is 19.0 Å². The number of oxime groups is 1. The van der Waals surface area contributed by atoms with Gasteiger partial charge in [0.15, 0.2) is 5.75 Å². The summed E-state index contributed by atoms with van der Waals surface area (Å²) in [6, 6.07) is 22.5. The van der Waals surface area contributed by atoms with E-state index in [1.807, 2.05) is 54.6 Å². The molecule has 0 spiro atoms. The van der Waals surface area contributed by atoms with Crippen molar-refractivity contribution in [2.24, 2.45) is 5.16 Å². The van der Waals surface area contributed by atoms with Gasteiger partial charge in [-0.25, -0.2) is 4.68 Å². The first-order valence-electron chi connectivity index (χ1n) is 9.68. The Morgan fingerprint density at radius 2 is 1.78 bits per heavy atom. The Morgan fingerprint density at radius 3 is 2.50 bits per heavy atom. The van der Waals surface area contributed by atoms with Crippen LogP contribution in [0.3, 0.4) is 0 Å². The van der Waals surface area contributed by atoms with Gasteiger partial charge in [-0.2, -0.15) is 5.10 Å². The lowest BCUT2D eigenvalue weighted by Crippen LogP contribution is -1.94. The van der Waals surface area contributed by atoms with Crippen molar-refractivity contribution < 1.29 is 14.3 Å². The molecule has 4 rings (SSSR count). The van der Waals surface area contributed by atoms with Crippen molar-refractivity contribution in [1.29, 1.82) is 0 Å². The summed E-state index contributed by atoms with van der Waals surface area (Å²) >= 11 is 12.0. The number of methoxy groups -OCH3 is 1. The van der Waals surface area contributed by atoms with Gasteiger partial charge >= 0.3 is 0 Å². The summed E-state index contributed by atoms with van der Waals surface area (Å²) in [6.07, 6.45) is 3.01. The molecule has 1 heterocycles. The average molecular weight is 468 g/mol. The molecule has 0 aliphatic carbocycles. The summed E-state index contributed by atoms with van der Waals surface area (Å²) in [6.45, 7) is 0.185. The highest BCUT2D eigenvalue weighted by molar-refractivity contribution is 6.35. The first kappa shape index (κ1) is 21.7. The molecule has 32 heavy (non-hydrogen) atoms. The van der Waals surface area contributed by atoms with Crippen LogP contribution in [0.2, 0.25) is 10.0 Å². The normalized spacial score (nSPS) is 11.0. The third-order valence-electron chi connectivity index (χ3n) is 4.60. The Labute approximate surface area is 195 Å². The number of halogens is 2. The van der Waals surface area contributed by atoms with E-state index in [1.54, 1.807) is 36.2 Å². The molecule has 0 bridgehead atoms. The Hall–Kier alpha value is -3.48. The molecule has 3 aromatic carbocycles. The monoisotopic (exact) mass is 467 g/mol. The molecule has 1 aromatic heterocycles. The van der Waals surface area contributed by atoms with E-state index in [0.29, 0.717) is 21.5 Å². The van der Waals surface area contributed by atoms with Crippen LogP contribution in [0.4, 0.5) is 0 Å². The number of nitrogens with zero attached hydrogens (tertiary/aromatic N) is 3. The lowest BCUT2D eigenvalue weighted by Gasteiger charge is -2.04. The minimum Gasteiger partial charge on any atom is -0.497 e. The second-order valence-electron chi connectivity index (χ2n) is 6.69. The first-order valence-corrected chi connectivity index (χ1v) is 10.4.